The highest BCUT2D eigenvalue weighted by molar-refractivity contribution is 9.10. The Morgan fingerprint density at radius 2 is 2.14 bits per heavy atom. The summed E-state index contributed by atoms with van der Waals surface area (Å²) in [5, 5.41) is -0.0124. The third-order valence-corrected chi connectivity index (χ3v) is 4.97. The summed E-state index contributed by atoms with van der Waals surface area (Å²) in [6.45, 7) is 1.87. The summed E-state index contributed by atoms with van der Waals surface area (Å²) in [7, 11) is 0. The maximum Gasteiger partial charge on any atom is 0.416 e. The first-order valence-electron chi connectivity index (χ1n) is 6.49. The fourth-order valence-corrected chi connectivity index (χ4v) is 3.55. The Morgan fingerprint density at radius 3 is 2.68 bits per heavy atom. The van der Waals surface area contributed by atoms with Gasteiger partial charge in [-0.25, -0.2) is 0 Å². The number of halogens is 4. The molecular weight excluding hydrogens is 383 g/mol. The lowest BCUT2D eigenvalue weighted by atomic mass is 10.1. The summed E-state index contributed by atoms with van der Waals surface area (Å²) >= 11 is 4.27. The molecule has 0 N–H and O–H groups in total. The van der Waals surface area contributed by atoms with E-state index >= 15 is 0 Å². The third kappa shape index (κ3) is 4.04. The van der Waals surface area contributed by atoms with E-state index in [4.69, 9.17) is 0 Å². The van der Waals surface area contributed by atoms with Gasteiger partial charge in [0.15, 0.2) is 5.12 Å². The van der Waals surface area contributed by atoms with Crippen LogP contribution in [0.25, 0.3) is 0 Å². The maximum atomic E-state index is 12.7. The summed E-state index contributed by atoms with van der Waals surface area (Å²) < 4.78 is 38.2. The molecule has 0 saturated carbocycles. The quantitative estimate of drug-likeness (QED) is 0.772. The molecule has 22 heavy (non-hydrogen) atoms. The Balaban J connectivity index is 2.15. The van der Waals surface area contributed by atoms with Gasteiger partial charge in [0.2, 0.25) is 5.91 Å². The molecule has 1 heterocycles. The van der Waals surface area contributed by atoms with Crippen LogP contribution in [0.5, 0.6) is 0 Å². The predicted octanol–water partition coefficient (Wildman–Crippen LogP) is 4.10. The van der Waals surface area contributed by atoms with Crippen LogP contribution in [0.15, 0.2) is 22.7 Å². The smallest absolute Gasteiger partial charge is 0.311 e. The zero-order valence-electron chi connectivity index (χ0n) is 11.6. The second-order valence-electron chi connectivity index (χ2n) is 5.04. The average Bonchev–Trinajstić information content (AvgIpc) is 2.76. The van der Waals surface area contributed by atoms with Gasteiger partial charge in [-0.15, -0.1) is 0 Å². The predicted molar refractivity (Wildman–Crippen MR) is 82.7 cm³/mol. The lowest BCUT2D eigenvalue weighted by molar-refractivity contribution is -0.137. The summed E-state index contributed by atoms with van der Waals surface area (Å²) in [5.74, 6) is 0.417. The minimum atomic E-state index is -4.42. The van der Waals surface area contributed by atoms with Crippen molar-refractivity contribution < 1.29 is 22.8 Å². The summed E-state index contributed by atoms with van der Waals surface area (Å²) in [5.41, 5.74) is -0.341. The molecule has 0 bridgehead atoms. The van der Waals surface area contributed by atoms with Gasteiger partial charge in [-0.2, -0.15) is 13.2 Å². The van der Waals surface area contributed by atoms with Gasteiger partial charge in [0.05, 0.1) is 11.3 Å². The van der Waals surface area contributed by atoms with E-state index in [0.29, 0.717) is 24.4 Å². The number of anilines is 1. The molecule has 1 fully saturated rings. The van der Waals surface area contributed by atoms with Gasteiger partial charge in [-0.3, -0.25) is 9.59 Å². The van der Waals surface area contributed by atoms with Crippen molar-refractivity contribution in [3.8, 4) is 0 Å². The average molecular weight is 396 g/mol. The van der Waals surface area contributed by atoms with Crippen LogP contribution in [0.2, 0.25) is 0 Å². The van der Waals surface area contributed by atoms with Crippen molar-refractivity contribution in [2.24, 2.45) is 5.92 Å². The van der Waals surface area contributed by atoms with E-state index in [1.165, 1.54) is 17.9 Å². The fraction of sp³-hybridized carbons (Fsp3) is 0.429. The Kier molecular flexibility index (Phi) is 5.21. The highest BCUT2D eigenvalue weighted by atomic mass is 79.9. The van der Waals surface area contributed by atoms with Crippen molar-refractivity contribution in [3.05, 3.63) is 28.2 Å². The van der Waals surface area contributed by atoms with Crippen molar-refractivity contribution in [2.45, 2.75) is 19.5 Å². The molecule has 0 aromatic heterocycles. The molecule has 1 atom stereocenters. The zero-order chi connectivity index (χ0) is 16.5. The van der Waals surface area contributed by atoms with Crippen molar-refractivity contribution >= 4 is 44.4 Å². The topological polar surface area (TPSA) is 37.4 Å². The van der Waals surface area contributed by atoms with Crippen molar-refractivity contribution in [1.29, 1.82) is 0 Å². The summed E-state index contributed by atoms with van der Waals surface area (Å²) in [6, 6.07) is 3.23. The Morgan fingerprint density at radius 1 is 1.45 bits per heavy atom. The number of nitrogens with zero attached hydrogens (tertiary/aromatic N) is 1. The molecule has 120 valence electrons. The van der Waals surface area contributed by atoms with Crippen molar-refractivity contribution in [1.82, 2.24) is 0 Å². The van der Waals surface area contributed by atoms with Crippen molar-refractivity contribution in [3.63, 3.8) is 0 Å². The van der Waals surface area contributed by atoms with Gasteiger partial charge >= 0.3 is 6.18 Å². The van der Waals surface area contributed by atoms with Gasteiger partial charge < -0.3 is 4.90 Å². The van der Waals surface area contributed by atoms with Gasteiger partial charge in [0.25, 0.3) is 0 Å². The van der Waals surface area contributed by atoms with Gasteiger partial charge in [0, 0.05) is 30.1 Å². The van der Waals surface area contributed by atoms with Gasteiger partial charge in [-0.05, 0) is 40.0 Å². The van der Waals surface area contributed by atoms with Crippen LogP contribution in [-0.2, 0) is 15.8 Å². The molecule has 1 saturated heterocycles. The molecule has 0 aliphatic carbocycles. The molecule has 1 aliphatic heterocycles. The van der Waals surface area contributed by atoms with Crippen molar-refractivity contribution in [2.75, 3.05) is 17.2 Å². The molecule has 0 spiro atoms. The number of rotatable bonds is 3. The van der Waals surface area contributed by atoms with E-state index in [9.17, 15) is 22.8 Å². The number of benzene rings is 1. The van der Waals surface area contributed by atoms with Gasteiger partial charge in [-0.1, -0.05) is 11.8 Å². The number of amides is 1. The molecule has 1 amide bonds. The van der Waals surface area contributed by atoms with Crippen LogP contribution in [-0.4, -0.2) is 23.3 Å². The lowest BCUT2D eigenvalue weighted by Crippen LogP contribution is -2.25. The van der Waals surface area contributed by atoms with E-state index < -0.39 is 11.7 Å². The summed E-state index contributed by atoms with van der Waals surface area (Å²) in [6.07, 6.45) is -4.12. The zero-order valence-corrected chi connectivity index (χ0v) is 14.0. The van der Waals surface area contributed by atoms with E-state index in [1.807, 2.05) is 0 Å². The molecule has 0 radical (unpaired) electrons. The maximum absolute atomic E-state index is 12.7. The number of hydrogen-bond acceptors (Lipinski definition) is 3. The molecule has 2 rings (SSSR count). The second kappa shape index (κ2) is 6.62. The lowest BCUT2D eigenvalue weighted by Gasteiger charge is -2.19. The SMILES string of the molecule is CC(=O)SCC1CC(=O)N(c2ccc(C(F)(F)F)cc2Br)C1. The fourth-order valence-electron chi connectivity index (χ4n) is 2.26. The number of hydrogen-bond donors (Lipinski definition) is 0. The monoisotopic (exact) mass is 395 g/mol. The highest BCUT2D eigenvalue weighted by Gasteiger charge is 2.34. The molecule has 1 aromatic rings. The molecule has 3 nitrogen and oxygen atoms in total. The molecular formula is C14H13BrF3NO2S. The number of carbonyl (C=O) groups excluding carboxylic acids is 2. The Labute approximate surface area is 138 Å². The third-order valence-electron chi connectivity index (χ3n) is 3.29. The van der Waals surface area contributed by atoms with Crippen LogP contribution in [0, 0.1) is 5.92 Å². The standard InChI is InChI=1S/C14H13BrF3NO2S/c1-8(20)22-7-9-4-13(21)19(6-9)12-3-2-10(5-11(12)15)14(16,17)18/h2-3,5,9H,4,6-7H2,1H3. The van der Waals surface area contributed by atoms with Crippen LogP contribution >= 0.6 is 27.7 Å². The largest absolute Gasteiger partial charge is 0.416 e. The minimum absolute atomic E-state index is 0.0124. The van der Waals surface area contributed by atoms with Crippen LogP contribution in [0.1, 0.15) is 18.9 Å². The van der Waals surface area contributed by atoms with Crippen LogP contribution in [0.3, 0.4) is 0 Å². The Hall–Kier alpha value is -1.02. The minimum Gasteiger partial charge on any atom is -0.311 e. The second-order valence-corrected chi connectivity index (χ2v) is 7.09. The summed E-state index contributed by atoms with van der Waals surface area (Å²) in [4.78, 5) is 24.5. The van der Waals surface area contributed by atoms with E-state index in [0.717, 1.165) is 23.9 Å². The number of alkyl halides is 3. The number of carbonyl (C=O) groups is 2. The van der Waals surface area contributed by atoms with E-state index in [-0.39, 0.29) is 21.4 Å². The van der Waals surface area contributed by atoms with E-state index in [1.54, 1.807) is 0 Å². The molecule has 1 unspecified atom stereocenters. The van der Waals surface area contributed by atoms with Crippen LogP contribution in [0.4, 0.5) is 18.9 Å². The van der Waals surface area contributed by atoms with Crippen LogP contribution < -0.4 is 4.90 Å². The first-order chi connectivity index (χ1) is 10.2. The molecule has 1 aromatic carbocycles. The normalized spacial score (nSPS) is 18.9. The molecule has 8 heteroatoms. The van der Waals surface area contributed by atoms with E-state index in [2.05, 4.69) is 15.9 Å². The molecule has 1 aliphatic rings. The first kappa shape index (κ1) is 17.3. The number of thioether (sulfide) groups is 1. The Bertz CT molecular complexity index is 606. The van der Waals surface area contributed by atoms with Gasteiger partial charge in [0.1, 0.15) is 0 Å². The highest BCUT2D eigenvalue weighted by Crippen LogP contribution is 2.37. The first-order valence-corrected chi connectivity index (χ1v) is 8.27.